The van der Waals surface area contributed by atoms with Gasteiger partial charge in [0.2, 0.25) is 0 Å². The third-order valence-corrected chi connectivity index (χ3v) is 8.70. The molecule has 2 heteroatoms. The van der Waals surface area contributed by atoms with Gasteiger partial charge in [-0.3, -0.25) is 0 Å². The standard InChI is InChI=1S/C25H35N2/c1-6-21-25(7-2,8-3)20-13-11-12-19-16-24(14-9-10-15-24)27-18(5)17(4)26(21)23(27)22(19)20/h11-13,21H,6-10,14-16H2,1-5H3/q+1. The minimum Gasteiger partial charge on any atom is -0.223 e. The maximum Gasteiger partial charge on any atom is 0.290 e. The molecule has 1 aromatic carbocycles. The first-order chi connectivity index (χ1) is 13.0. The first-order valence-corrected chi connectivity index (χ1v) is 11.3. The van der Waals surface area contributed by atoms with E-state index in [2.05, 4.69) is 62.0 Å². The average molecular weight is 364 g/mol. The Labute approximate surface area is 164 Å². The van der Waals surface area contributed by atoms with Gasteiger partial charge in [0.05, 0.1) is 5.56 Å². The Kier molecular flexibility index (Phi) is 3.71. The van der Waals surface area contributed by atoms with E-state index in [9.17, 15) is 0 Å². The molecule has 0 bridgehead atoms. The number of benzene rings is 1. The molecule has 1 unspecified atom stereocenters. The maximum absolute atomic E-state index is 2.82. The highest BCUT2D eigenvalue weighted by atomic mass is 15.3. The van der Waals surface area contributed by atoms with Gasteiger partial charge in [0.1, 0.15) is 23.0 Å². The normalized spacial score (nSPS) is 23.7. The Morgan fingerprint density at radius 1 is 1.07 bits per heavy atom. The van der Waals surface area contributed by atoms with Crippen molar-refractivity contribution < 1.29 is 4.57 Å². The lowest BCUT2D eigenvalue weighted by Crippen LogP contribution is -2.57. The minimum absolute atomic E-state index is 0.265. The second-order valence-corrected chi connectivity index (χ2v) is 9.44. The second-order valence-electron chi connectivity index (χ2n) is 9.44. The Morgan fingerprint density at radius 3 is 2.41 bits per heavy atom. The molecule has 1 saturated carbocycles. The van der Waals surface area contributed by atoms with E-state index in [-0.39, 0.29) is 5.41 Å². The first-order valence-electron chi connectivity index (χ1n) is 11.3. The molecular weight excluding hydrogens is 328 g/mol. The largest absolute Gasteiger partial charge is 0.290 e. The van der Waals surface area contributed by atoms with Crippen LogP contribution < -0.4 is 4.57 Å². The summed E-state index contributed by atoms with van der Waals surface area (Å²) in [5, 5.41) is 0. The van der Waals surface area contributed by atoms with Crippen molar-refractivity contribution >= 4 is 0 Å². The Morgan fingerprint density at radius 2 is 1.78 bits per heavy atom. The zero-order valence-corrected chi connectivity index (χ0v) is 17.9. The molecule has 144 valence electrons. The lowest BCUT2D eigenvalue weighted by Gasteiger charge is -2.45. The highest BCUT2D eigenvalue weighted by Gasteiger charge is 2.56. The van der Waals surface area contributed by atoms with Crippen LogP contribution in [0.15, 0.2) is 18.2 Å². The molecule has 0 saturated heterocycles. The molecule has 5 rings (SSSR count). The summed E-state index contributed by atoms with van der Waals surface area (Å²) in [6, 6.07) is 7.83. The molecule has 1 spiro atoms. The van der Waals surface area contributed by atoms with Crippen molar-refractivity contribution in [3.8, 4) is 11.4 Å². The predicted octanol–water partition coefficient (Wildman–Crippen LogP) is 5.91. The van der Waals surface area contributed by atoms with Crippen molar-refractivity contribution in [2.24, 2.45) is 0 Å². The van der Waals surface area contributed by atoms with Crippen LogP contribution in [0.3, 0.4) is 0 Å². The van der Waals surface area contributed by atoms with E-state index in [0.717, 1.165) is 0 Å². The van der Waals surface area contributed by atoms with Gasteiger partial charge >= 0.3 is 0 Å². The fourth-order valence-corrected chi connectivity index (χ4v) is 7.35. The van der Waals surface area contributed by atoms with Gasteiger partial charge in [-0.25, -0.2) is 9.13 Å². The van der Waals surface area contributed by atoms with Crippen LogP contribution in [0.25, 0.3) is 11.4 Å². The average Bonchev–Trinajstić information content (AvgIpc) is 3.25. The lowest BCUT2D eigenvalue weighted by atomic mass is 9.64. The summed E-state index contributed by atoms with van der Waals surface area (Å²) < 4.78 is 5.60. The van der Waals surface area contributed by atoms with Crippen LogP contribution in [0.1, 0.15) is 94.3 Å². The van der Waals surface area contributed by atoms with Gasteiger partial charge < -0.3 is 0 Å². The summed E-state index contributed by atoms with van der Waals surface area (Å²) in [7, 11) is 0. The Balaban J connectivity index is 1.93. The van der Waals surface area contributed by atoms with Crippen molar-refractivity contribution in [3.63, 3.8) is 0 Å². The molecule has 1 aromatic heterocycles. The lowest BCUT2D eigenvalue weighted by molar-refractivity contribution is -0.730. The van der Waals surface area contributed by atoms with E-state index in [4.69, 9.17) is 0 Å². The summed E-state index contributed by atoms with van der Waals surface area (Å²) >= 11 is 0. The van der Waals surface area contributed by atoms with Crippen molar-refractivity contribution in [1.82, 2.24) is 4.57 Å². The van der Waals surface area contributed by atoms with E-state index in [1.807, 2.05) is 0 Å². The number of imidazole rings is 1. The van der Waals surface area contributed by atoms with Gasteiger partial charge in [0.15, 0.2) is 0 Å². The second kappa shape index (κ2) is 5.72. The number of fused-ring (bicyclic) bond motifs is 1. The van der Waals surface area contributed by atoms with Gasteiger partial charge in [0, 0.05) is 25.7 Å². The third-order valence-electron chi connectivity index (χ3n) is 8.70. The quantitative estimate of drug-likeness (QED) is 0.600. The molecule has 0 N–H and O–H groups in total. The SMILES string of the molecule is CCC1[n+]2c(C)c(C)n3c2-c2c(cccc2C1(CC)CC)CC31CCCC1. The van der Waals surface area contributed by atoms with Crippen molar-refractivity contribution in [2.45, 2.75) is 103 Å². The fourth-order valence-electron chi connectivity index (χ4n) is 7.35. The molecule has 0 amide bonds. The van der Waals surface area contributed by atoms with Crippen molar-refractivity contribution in [1.29, 1.82) is 0 Å². The molecule has 1 atom stereocenters. The monoisotopic (exact) mass is 363 g/mol. The molecular formula is C25H35N2+. The molecule has 1 fully saturated rings. The van der Waals surface area contributed by atoms with Crippen molar-refractivity contribution in [3.05, 3.63) is 40.7 Å². The highest BCUT2D eigenvalue weighted by molar-refractivity contribution is 5.70. The predicted molar refractivity (Wildman–Crippen MR) is 111 cm³/mol. The molecule has 3 aliphatic rings. The van der Waals surface area contributed by atoms with E-state index >= 15 is 0 Å². The summed E-state index contributed by atoms with van der Waals surface area (Å²) in [4.78, 5) is 0. The number of aromatic nitrogens is 2. The van der Waals surface area contributed by atoms with Crippen LogP contribution in [0.5, 0.6) is 0 Å². The van der Waals surface area contributed by atoms with E-state index in [1.54, 1.807) is 22.5 Å². The van der Waals surface area contributed by atoms with Crippen LogP contribution in [-0.2, 0) is 17.4 Å². The van der Waals surface area contributed by atoms with E-state index in [1.165, 1.54) is 62.8 Å². The van der Waals surface area contributed by atoms with Crippen LogP contribution in [0.4, 0.5) is 0 Å². The van der Waals surface area contributed by atoms with Crippen LogP contribution in [0.2, 0.25) is 0 Å². The van der Waals surface area contributed by atoms with Gasteiger partial charge in [-0.05, 0) is 56.1 Å². The maximum atomic E-state index is 2.82. The molecule has 0 radical (unpaired) electrons. The highest BCUT2D eigenvalue weighted by Crippen LogP contribution is 2.55. The zero-order valence-electron chi connectivity index (χ0n) is 17.9. The van der Waals surface area contributed by atoms with Gasteiger partial charge in [0.25, 0.3) is 5.82 Å². The van der Waals surface area contributed by atoms with Gasteiger partial charge in [-0.15, -0.1) is 0 Å². The van der Waals surface area contributed by atoms with Gasteiger partial charge in [-0.1, -0.05) is 39.0 Å². The van der Waals surface area contributed by atoms with E-state index < -0.39 is 0 Å². The zero-order chi connectivity index (χ0) is 19.0. The smallest absolute Gasteiger partial charge is 0.223 e. The fraction of sp³-hybridized carbons (Fsp3) is 0.640. The Hall–Kier alpha value is -1.57. The molecule has 2 aromatic rings. The number of rotatable bonds is 3. The number of hydrogen-bond donors (Lipinski definition) is 0. The molecule has 2 aliphatic heterocycles. The number of hydrogen-bond acceptors (Lipinski definition) is 0. The Bertz CT molecular complexity index is 907. The third kappa shape index (κ3) is 1.90. The summed E-state index contributed by atoms with van der Waals surface area (Å²) in [5.74, 6) is 1.55. The molecule has 2 nitrogen and oxygen atoms in total. The summed E-state index contributed by atoms with van der Waals surface area (Å²) in [5.41, 5.74) is 8.49. The van der Waals surface area contributed by atoms with Crippen LogP contribution >= 0.6 is 0 Å². The summed E-state index contributed by atoms with van der Waals surface area (Å²) in [6.07, 6.45) is 10.4. The van der Waals surface area contributed by atoms with Gasteiger partial charge in [-0.2, -0.15) is 0 Å². The summed E-state index contributed by atoms with van der Waals surface area (Å²) in [6.45, 7) is 12.0. The minimum atomic E-state index is 0.265. The van der Waals surface area contributed by atoms with Crippen molar-refractivity contribution in [2.75, 3.05) is 0 Å². The molecule has 3 heterocycles. The molecule has 1 aliphatic carbocycles. The van der Waals surface area contributed by atoms with Crippen LogP contribution in [-0.4, -0.2) is 4.57 Å². The van der Waals surface area contributed by atoms with Crippen LogP contribution in [0, 0.1) is 13.8 Å². The number of nitrogens with zero attached hydrogens (tertiary/aromatic N) is 2. The first kappa shape index (κ1) is 17.5. The topological polar surface area (TPSA) is 8.81 Å². The molecule has 27 heavy (non-hydrogen) atoms. The van der Waals surface area contributed by atoms with E-state index in [0.29, 0.717) is 11.6 Å².